The molecular weight excluding hydrogens is 420 g/mol. The Morgan fingerprint density at radius 1 is 0.552 bits per heavy atom. The number of fused-ring (bicyclic) bond motifs is 3. The summed E-state index contributed by atoms with van der Waals surface area (Å²) in [4.78, 5) is 10.1. The van der Waals surface area contributed by atoms with Crippen LogP contribution in [0.4, 0.5) is 0 Å². The highest BCUT2D eigenvalue weighted by Crippen LogP contribution is 2.49. The van der Waals surface area contributed by atoms with Gasteiger partial charge in [0.2, 0.25) is 0 Å². The molecule has 4 aromatic carbocycles. The van der Waals surface area contributed by atoms with Crippen molar-refractivity contribution < 1.29 is 0 Å². The van der Waals surface area contributed by atoms with Crippen molar-refractivity contribution in [3.05, 3.63) is 95.5 Å². The molecule has 0 amide bonds. The lowest BCUT2D eigenvalue weighted by Gasteiger charge is -2.12. The number of hydrogen-bond donors (Lipinski definition) is 0. The fourth-order valence-corrected chi connectivity index (χ4v) is 4.45. The van der Waals surface area contributed by atoms with Gasteiger partial charge in [-0.25, -0.2) is 9.97 Å². The van der Waals surface area contributed by atoms with Crippen LogP contribution in [0.25, 0.3) is 55.8 Å². The van der Waals surface area contributed by atoms with Crippen LogP contribution in [-0.4, -0.2) is 9.97 Å². The first-order valence-electron chi connectivity index (χ1n) is 9.55. The molecule has 0 saturated carbocycles. The predicted octanol–water partition coefficient (Wildman–Crippen LogP) is 7.37. The van der Waals surface area contributed by atoms with E-state index in [0.29, 0.717) is 0 Å². The van der Waals surface area contributed by atoms with Crippen LogP contribution >= 0.6 is 15.9 Å². The van der Waals surface area contributed by atoms with Gasteiger partial charge >= 0.3 is 0 Å². The van der Waals surface area contributed by atoms with Gasteiger partial charge in [-0.3, -0.25) is 0 Å². The van der Waals surface area contributed by atoms with E-state index in [2.05, 4.69) is 88.7 Å². The third kappa shape index (κ3) is 2.55. The van der Waals surface area contributed by atoms with Crippen molar-refractivity contribution in [3.63, 3.8) is 0 Å². The van der Waals surface area contributed by atoms with Gasteiger partial charge in [0.1, 0.15) is 0 Å². The lowest BCUT2D eigenvalue weighted by Crippen LogP contribution is -1.97. The fraction of sp³-hybridized carbons (Fsp3) is 0. The molecule has 0 unspecified atom stereocenters. The summed E-state index contributed by atoms with van der Waals surface area (Å²) < 4.78 is 1.04. The number of nitrogens with zero attached hydrogens (tertiary/aromatic N) is 2. The smallest absolute Gasteiger partial charge is 0.160 e. The van der Waals surface area contributed by atoms with Gasteiger partial charge in [0.25, 0.3) is 0 Å². The molecule has 3 heteroatoms. The van der Waals surface area contributed by atoms with E-state index in [0.717, 1.165) is 38.4 Å². The van der Waals surface area contributed by atoms with Crippen molar-refractivity contribution >= 4 is 26.7 Å². The summed E-state index contributed by atoms with van der Waals surface area (Å²) in [6.45, 7) is 0. The lowest BCUT2D eigenvalue weighted by molar-refractivity contribution is 1.19. The first kappa shape index (κ1) is 16.6. The number of aromatic nitrogens is 2. The highest BCUT2D eigenvalue weighted by molar-refractivity contribution is 9.10. The molecule has 0 spiro atoms. The van der Waals surface area contributed by atoms with Crippen molar-refractivity contribution in [2.24, 2.45) is 0 Å². The Hall–Kier alpha value is -3.30. The molecule has 1 aromatic heterocycles. The fourth-order valence-electron chi connectivity index (χ4n) is 4.19. The third-order valence-corrected chi connectivity index (χ3v) is 6.02. The zero-order valence-corrected chi connectivity index (χ0v) is 17.0. The van der Waals surface area contributed by atoms with Gasteiger partial charge in [0, 0.05) is 26.7 Å². The van der Waals surface area contributed by atoms with E-state index >= 15 is 0 Å². The topological polar surface area (TPSA) is 25.8 Å². The molecule has 0 saturated heterocycles. The van der Waals surface area contributed by atoms with Gasteiger partial charge in [-0.15, -0.1) is 0 Å². The molecule has 29 heavy (non-hydrogen) atoms. The van der Waals surface area contributed by atoms with Crippen LogP contribution in [0, 0.1) is 0 Å². The van der Waals surface area contributed by atoms with Crippen LogP contribution in [0.5, 0.6) is 0 Å². The van der Waals surface area contributed by atoms with Crippen LogP contribution in [0.2, 0.25) is 0 Å². The molecule has 0 bridgehead atoms. The molecule has 0 N–H and O–H groups in total. The minimum atomic E-state index is 0.750. The van der Waals surface area contributed by atoms with Gasteiger partial charge in [0.05, 0.1) is 11.4 Å². The second kappa shape index (κ2) is 6.36. The third-order valence-electron chi connectivity index (χ3n) is 5.49. The van der Waals surface area contributed by atoms with Gasteiger partial charge in [-0.05, 0) is 28.5 Å². The van der Waals surface area contributed by atoms with E-state index < -0.39 is 0 Å². The quantitative estimate of drug-likeness (QED) is 0.284. The second-order valence-electron chi connectivity index (χ2n) is 7.20. The van der Waals surface area contributed by atoms with Crippen molar-refractivity contribution in [2.45, 2.75) is 0 Å². The lowest BCUT2D eigenvalue weighted by atomic mass is 9.99. The Balaban J connectivity index is 1.72. The van der Waals surface area contributed by atoms with E-state index in [-0.39, 0.29) is 0 Å². The van der Waals surface area contributed by atoms with E-state index in [1.165, 1.54) is 21.9 Å². The van der Waals surface area contributed by atoms with Crippen molar-refractivity contribution in [3.8, 4) is 45.0 Å². The van der Waals surface area contributed by atoms with E-state index in [9.17, 15) is 0 Å². The maximum absolute atomic E-state index is 5.06. The van der Waals surface area contributed by atoms with Crippen LogP contribution in [0.15, 0.2) is 95.5 Å². The summed E-state index contributed by atoms with van der Waals surface area (Å²) in [5, 5.41) is 2.51. The summed E-state index contributed by atoms with van der Waals surface area (Å²) in [5.74, 6) is 0.750. The molecule has 2 nitrogen and oxygen atoms in total. The van der Waals surface area contributed by atoms with Crippen LogP contribution in [0.1, 0.15) is 0 Å². The average Bonchev–Trinajstić information content (AvgIpc) is 3.10. The zero-order chi connectivity index (χ0) is 19.4. The Morgan fingerprint density at radius 2 is 1.24 bits per heavy atom. The van der Waals surface area contributed by atoms with Gasteiger partial charge in [-0.2, -0.15) is 0 Å². The van der Waals surface area contributed by atoms with Crippen molar-refractivity contribution in [1.82, 2.24) is 9.97 Å². The summed E-state index contributed by atoms with van der Waals surface area (Å²) in [5.41, 5.74) is 7.65. The van der Waals surface area contributed by atoms with Crippen molar-refractivity contribution in [1.29, 1.82) is 0 Å². The van der Waals surface area contributed by atoms with Gasteiger partial charge in [0.15, 0.2) is 5.82 Å². The van der Waals surface area contributed by atoms with Crippen LogP contribution < -0.4 is 0 Å². The standard InChI is InChI=1S/C26H15BrN2/c27-19-14-12-18(13-15-19)26-28-24(17-6-2-1-3-7-17)23-20-10-4-8-16-9-5-11-21(22(16)20)25(23)29-26/h1-15H. The highest BCUT2D eigenvalue weighted by Gasteiger charge is 2.27. The monoisotopic (exact) mass is 434 g/mol. The number of benzene rings is 4. The van der Waals surface area contributed by atoms with Crippen LogP contribution in [0.3, 0.4) is 0 Å². The minimum Gasteiger partial charge on any atom is -0.227 e. The zero-order valence-electron chi connectivity index (χ0n) is 15.4. The molecule has 0 aliphatic heterocycles. The van der Waals surface area contributed by atoms with Gasteiger partial charge < -0.3 is 0 Å². The summed E-state index contributed by atoms with van der Waals surface area (Å²) in [7, 11) is 0. The molecule has 1 aliphatic carbocycles. The SMILES string of the molecule is Brc1ccc(-c2nc(-c3ccccc3)c3c(n2)-c2cccc4cccc-3c24)cc1. The number of hydrogen-bond acceptors (Lipinski definition) is 2. The molecule has 0 radical (unpaired) electrons. The molecule has 136 valence electrons. The molecule has 0 fully saturated rings. The van der Waals surface area contributed by atoms with Gasteiger partial charge in [-0.1, -0.05) is 94.8 Å². The molecule has 1 aliphatic rings. The number of rotatable bonds is 2. The first-order chi connectivity index (χ1) is 14.3. The predicted molar refractivity (Wildman–Crippen MR) is 123 cm³/mol. The molecule has 6 rings (SSSR count). The molecule has 0 atom stereocenters. The maximum atomic E-state index is 5.06. The highest BCUT2D eigenvalue weighted by atomic mass is 79.9. The summed E-state index contributed by atoms with van der Waals surface area (Å²) >= 11 is 3.52. The minimum absolute atomic E-state index is 0.750. The average molecular weight is 435 g/mol. The normalized spacial score (nSPS) is 11.6. The molecular formula is C26H15BrN2. The Kier molecular flexibility index (Phi) is 3.65. The van der Waals surface area contributed by atoms with E-state index in [4.69, 9.17) is 9.97 Å². The second-order valence-corrected chi connectivity index (χ2v) is 8.12. The summed E-state index contributed by atoms with van der Waals surface area (Å²) in [6.07, 6.45) is 0. The maximum Gasteiger partial charge on any atom is 0.160 e. The first-order valence-corrected chi connectivity index (χ1v) is 10.3. The Labute approximate surface area is 177 Å². The molecule has 5 aromatic rings. The Morgan fingerprint density at radius 3 is 2.00 bits per heavy atom. The largest absolute Gasteiger partial charge is 0.227 e. The number of halogens is 1. The summed E-state index contributed by atoms with van der Waals surface area (Å²) in [6, 6.07) is 31.5. The Bertz CT molecular complexity index is 1390. The van der Waals surface area contributed by atoms with E-state index in [1.54, 1.807) is 0 Å². The van der Waals surface area contributed by atoms with Crippen molar-refractivity contribution in [2.75, 3.05) is 0 Å². The van der Waals surface area contributed by atoms with E-state index in [1.807, 2.05) is 18.2 Å². The molecule has 1 heterocycles. The van der Waals surface area contributed by atoms with Crippen LogP contribution in [-0.2, 0) is 0 Å².